The highest BCUT2D eigenvalue weighted by Crippen LogP contribution is 2.33. The molecular weight excluding hydrogens is 452 g/mol. The molecular formula is C30H28F4O. The van der Waals surface area contributed by atoms with Gasteiger partial charge in [0.15, 0.2) is 0 Å². The first-order valence-corrected chi connectivity index (χ1v) is 12.0. The van der Waals surface area contributed by atoms with Gasteiger partial charge in [0.2, 0.25) is 0 Å². The molecule has 1 nitrogen and oxygen atoms in total. The molecule has 0 spiro atoms. The number of fused-ring (bicyclic) bond motifs is 1. The summed E-state index contributed by atoms with van der Waals surface area (Å²) in [5.41, 5.74) is 2.76. The number of halogens is 4. The van der Waals surface area contributed by atoms with Gasteiger partial charge in [-0.3, -0.25) is 0 Å². The summed E-state index contributed by atoms with van der Waals surface area (Å²) in [5.74, 6) is -0.903. The predicted molar refractivity (Wildman–Crippen MR) is 134 cm³/mol. The minimum absolute atomic E-state index is 0.00124. The number of aryl methyl sites for hydroxylation is 1. The second kappa shape index (κ2) is 11.4. The van der Waals surface area contributed by atoms with Crippen molar-refractivity contribution in [3.63, 3.8) is 0 Å². The molecule has 182 valence electrons. The molecule has 0 bridgehead atoms. The van der Waals surface area contributed by atoms with Crippen LogP contribution < -0.4 is 4.74 Å². The summed E-state index contributed by atoms with van der Waals surface area (Å²) in [5, 5.41) is 1.34. The molecule has 0 aliphatic heterocycles. The van der Waals surface area contributed by atoms with Gasteiger partial charge in [-0.1, -0.05) is 87.2 Å². The van der Waals surface area contributed by atoms with Crippen LogP contribution >= 0.6 is 0 Å². The van der Waals surface area contributed by atoms with E-state index in [-0.39, 0.29) is 11.6 Å². The normalized spacial score (nSPS) is 11.4. The van der Waals surface area contributed by atoms with Crippen LogP contribution in [-0.4, -0.2) is 6.61 Å². The molecule has 0 N–H and O–H groups in total. The Morgan fingerprint density at radius 1 is 0.714 bits per heavy atom. The molecule has 0 fully saturated rings. The van der Waals surface area contributed by atoms with Gasteiger partial charge in [0, 0.05) is 16.5 Å². The fourth-order valence-electron chi connectivity index (χ4n) is 4.39. The average molecular weight is 481 g/mol. The third kappa shape index (κ3) is 6.02. The Morgan fingerprint density at radius 2 is 1.43 bits per heavy atom. The lowest BCUT2D eigenvalue weighted by atomic mass is 9.96. The van der Waals surface area contributed by atoms with E-state index in [0.717, 1.165) is 18.2 Å². The summed E-state index contributed by atoms with van der Waals surface area (Å²) >= 11 is 0. The van der Waals surface area contributed by atoms with Gasteiger partial charge < -0.3 is 4.74 Å². The Bertz CT molecular complexity index is 1280. The SMILES string of the molecule is CCCCCCCc1ccc2c(F)c(-c3ccc(-c4ccc(OC(F)F)cc4)c(F)c3)ccc2c1. The lowest BCUT2D eigenvalue weighted by molar-refractivity contribution is -0.0498. The fourth-order valence-corrected chi connectivity index (χ4v) is 4.39. The van der Waals surface area contributed by atoms with E-state index >= 15 is 4.39 Å². The predicted octanol–water partition coefficient (Wildman–Crippen LogP) is 9.57. The van der Waals surface area contributed by atoms with Crippen molar-refractivity contribution < 1.29 is 22.3 Å². The number of hydrogen-bond donors (Lipinski definition) is 0. The molecule has 0 aromatic heterocycles. The quantitative estimate of drug-likeness (QED) is 0.162. The maximum absolute atomic E-state index is 15.4. The first kappa shape index (κ1) is 24.8. The molecule has 4 aromatic carbocycles. The Balaban J connectivity index is 1.54. The topological polar surface area (TPSA) is 9.23 Å². The molecule has 4 aromatic rings. The number of unbranched alkanes of at least 4 members (excludes halogenated alkanes) is 4. The van der Waals surface area contributed by atoms with E-state index in [1.165, 1.54) is 61.6 Å². The van der Waals surface area contributed by atoms with Gasteiger partial charge in [-0.05, 0) is 53.1 Å². The highest BCUT2D eigenvalue weighted by molar-refractivity contribution is 5.89. The minimum Gasteiger partial charge on any atom is -0.435 e. The molecule has 0 saturated carbocycles. The Kier molecular flexibility index (Phi) is 8.06. The number of ether oxygens (including phenoxy) is 1. The molecule has 0 aliphatic carbocycles. The van der Waals surface area contributed by atoms with E-state index in [2.05, 4.69) is 11.7 Å². The largest absolute Gasteiger partial charge is 0.435 e. The molecule has 4 rings (SSSR count). The average Bonchev–Trinajstić information content (AvgIpc) is 2.84. The van der Waals surface area contributed by atoms with E-state index < -0.39 is 12.4 Å². The lowest BCUT2D eigenvalue weighted by Gasteiger charge is -2.11. The zero-order valence-corrected chi connectivity index (χ0v) is 19.7. The van der Waals surface area contributed by atoms with Crippen molar-refractivity contribution >= 4 is 10.8 Å². The Labute approximate surface area is 203 Å². The van der Waals surface area contributed by atoms with Crippen molar-refractivity contribution in [1.82, 2.24) is 0 Å². The first-order chi connectivity index (χ1) is 17.0. The van der Waals surface area contributed by atoms with Crippen molar-refractivity contribution in [3.8, 4) is 28.0 Å². The van der Waals surface area contributed by atoms with Crippen molar-refractivity contribution in [2.75, 3.05) is 0 Å². The lowest BCUT2D eigenvalue weighted by Crippen LogP contribution is -2.01. The molecule has 0 unspecified atom stereocenters. The van der Waals surface area contributed by atoms with Crippen LogP contribution in [0.4, 0.5) is 17.6 Å². The highest BCUT2D eigenvalue weighted by Gasteiger charge is 2.14. The summed E-state index contributed by atoms with van der Waals surface area (Å²) < 4.78 is 59.3. The summed E-state index contributed by atoms with van der Waals surface area (Å²) in [7, 11) is 0. The summed E-state index contributed by atoms with van der Waals surface area (Å²) in [4.78, 5) is 0. The molecule has 0 heterocycles. The van der Waals surface area contributed by atoms with E-state index in [0.29, 0.717) is 27.6 Å². The molecule has 35 heavy (non-hydrogen) atoms. The maximum atomic E-state index is 15.4. The van der Waals surface area contributed by atoms with Crippen LogP contribution in [0.2, 0.25) is 0 Å². The molecule has 0 radical (unpaired) electrons. The van der Waals surface area contributed by atoms with Crippen LogP contribution in [0.25, 0.3) is 33.0 Å². The minimum atomic E-state index is -2.92. The van der Waals surface area contributed by atoms with Gasteiger partial charge in [-0.15, -0.1) is 0 Å². The number of hydrogen-bond acceptors (Lipinski definition) is 1. The van der Waals surface area contributed by atoms with E-state index in [4.69, 9.17) is 0 Å². The van der Waals surface area contributed by atoms with Crippen LogP contribution in [0.15, 0.2) is 72.8 Å². The summed E-state index contributed by atoms with van der Waals surface area (Å²) in [6, 6.07) is 19.6. The fraction of sp³-hybridized carbons (Fsp3) is 0.267. The third-order valence-electron chi connectivity index (χ3n) is 6.26. The van der Waals surface area contributed by atoms with Crippen LogP contribution in [0.3, 0.4) is 0 Å². The van der Waals surface area contributed by atoms with Crippen LogP contribution in [0.1, 0.15) is 44.6 Å². The summed E-state index contributed by atoms with van der Waals surface area (Å²) in [6.07, 6.45) is 7.03. The number of benzene rings is 4. The molecule has 5 heteroatoms. The number of alkyl halides is 2. The number of rotatable bonds is 10. The van der Waals surface area contributed by atoms with Crippen LogP contribution in [0, 0.1) is 11.6 Å². The maximum Gasteiger partial charge on any atom is 0.387 e. The van der Waals surface area contributed by atoms with Crippen molar-refractivity contribution in [2.24, 2.45) is 0 Å². The zero-order valence-electron chi connectivity index (χ0n) is 19.7. The van der Waals surface area contributed by atoms with Gasteiger partial charge >= 0.3 is 6.61 Å². The Morgan fingerprint density at radius 3 is 2.14 bits per heavy atom. The Hall–Kier alpha value is -3.34. The smallest absolute Gasteiger partial charge is 0.387 e. The van der Waals surface area contributed by atoms with Gasteiger partial charge in [0.1, 0.15) is 17.4 Å². The van der Waals surface area contributed by atoms with Crippen LogP contribution in [0.5, 0.6) is 5.75 Å². The third-order valence-corrected chi connectivity index (χ3v) is 6.26. The molecule has 0 amide bonds. The second-order valence-corrected chi connectivity index (χ2v) is 8.74. The van der Waals surface area contributed by atoms with Gasteiger partial charge in [-0.25, -0.2) is 8.78 Å². The first-order valence-electron chi connectivity index (χ1n) is 12.0. The molecule has 0 aliphatic rings. The van der Waals surface area contributed by atoms with E-state index in [1.54, 1.807) is 18.2 Å². The molecule has 0 atom stereocenters. The van der Waals surface area contributed by atoms with Crippen molar-refractivity contribution in [2.45, 2.75) is 52.1 Å². The van der Waals surface area contributed by atoms with Crippen molar-refractivity contribution in [1.29, 1.82) is 0 Å². The second-order valence-electron chi connectivity index (χ2n) is 8.74. The van der Waals surface area contributed by atoms with E-state index in [9.17, 15) is 13.2 Å². The summed E-state index contributed by atoms with van der Waals surface area (Å²) in [6.45, 7) is -0.722. The zero-order chi connectivity index (χ0) is 24.8. The van der Waals surface area contributed by atoms with Gasteiger partial charge in [0.25, 0.3) is 0 Å². The monoisotopic (exact) mass is 480 g/mol. The van der Waals surface area contributed by atoms with Gasteiger partial charge in [-0.2, -0.15) is 8.78 Å². The van der Waals surface area contributed by atoms with Crippen LogP contribution in [-0.2, 0) is 6.42 Å². The van der Waals surface area contributed by atoms with Crippen molar-refractivity contribution in [3.05, 3.63) is 90.0 Å². The molecule has 0 saturated heterocycles. The van der Waals surface area contributed by atoms with Gasteiger partial charge in [0.05, 0.1) is 0 Å². The standard InChI is InChI=1S/C30H28F4O/c1-2-3-4-5-6-7-20-8-15-26-22(18-20)12-17-27(29(26)32)23-11-16-25(28(31)19-23)21-9-13-24(14-10-21)35-30(33)34/h8-19,30H,2-7H2,1H3. The van der Waals surface area contributed by atoms with E-state index in [1.807, 2.05) is 24.3 Å². The highest BCUT2D eigenvalue weighted by atomic mass is 19.3.